The third-order valence-electron chi connectivity index (χ3n) is 5.81. The van der Waals surface area contributed by atoms with Gasteiger partial charge in [0, 0.05) is 44.0 Å². The summed E-state index contributed by atoms with van der Waals surface area (Å²) >= 11 is 1.47. The van der Waals surface area contributed by atoms with Crippen LogP contribution in [0.2, 0.25) is 0 Å². The zero-order chi connectivity index (χ0) is 22.5. The first-order chi connectivity index (χ1) is 15.6. The lowest BCUT2D eigenvalue weighted by Gasteiger charge is -2.36. The molecule has 4 rings (SSSR count). The first kappa shape index (κ1) is 22.2. The summed E-state index contributed by atoms with van der Waals surface area (Å²) in [5.74, 6) is 2.22. The molecule has 2 aromatic carbocycles. The SMILES string of the molecule is CCn1c(SCC(=O)N2CCN(c3ccc(OC)cc3)CC2)nnc1-c1ccccc1C. The monoisotopic (exact) mass is 451 g/mol. The van der Waals surface area contributed by atoms with Gasteiger partial charge in [0.2, 0.25) is 5.91 Å². The number of carbonyl (C=O) groups excluding carboxylic acids is 1. The number of amides is 1. The second-order valence-electron chi connectivity index (χ2n) is 7.72. The summed E-state index contributed by atoms with van der Waals surface area (Å²) in [6.45, 7) is 8.01. The van der Waals surface area contributed by atoms with Crippen molar-refractivity contribution in [3.05, 3.63) is 54.1 Å². The third-order valence-corrected chi connectivity index (χ3v) is 6.77. The lowest BCUT2D eigenvalue weighted by molar-refractivity contribution is -0.128. The summed E-state index contributed by atoms with van der Waals surface area (Å²) in [4.78, 5) is 17.1. The van der Waals surface area contributed by atoms with E-state index in [4.69, 9.17) is 4.74 Å². The van der Waals surface area contributed by atoms with Crippen LogP contribution in [0.5, 0.6) is 5.75 Å². The molecule has 8 heteroatoms. The lowest BCUT2D eigenvalue weighted by atomic mass is 10.1. The Morgan fingerprint density at radius 2 is 1.75 bits per heavy atom. The summed E-state index contributed by atoms with van der Waals surface area (Å²) in [5, 5.41) is 9.58. The number of thioether (sulfide) groups is 1. The number of ether oxygens (including phenoxy) is 1. The Bertz CT molecular complexity index is 1060. The lowest BCUT2D eigenvalue weighted by Crippen LogP contribution is -2.49. The summed E-state index contributed by atoms with van der Waals surface area (Å²) in [6, 6.07) is 16.2. The molecule has 0 N–H and O–H groups in total. The highest BCUT2D eigenvalue weighted by atomic mass is 32.2. The van der Waals surface area contributed by atoms with E-state index in [0.717, 1.165) is 66.3 Å². The first-order valence-corrected chi connectivity index (χ1v) is 11.9. The molecule has 0 saturated carbocycles. The van der Waals surface area contributed by atoms with E-state index < -0.39 is 0 Å². The van der Waals surface area contributed by atoms with Gasteiger partial charge in [0.05, 0.1) is 12.9 Å². The molecule has 0 spiro atoms. The minimum absolute atomic E-state index is 0.146. The molecular formula is C24H29N5O2S. The fourth-order valence-electron chi connectivity index (χ4n) is 3.93. The number of anilines is 1. The number of methoxy groups -OCH3 is 1. The van der Waals surface area contributed by atoms with Crippen molar-refractivity contribution in [2.45, 2.75) is 25.5 Å². The molecule has 1 amide bonds. The highest BCUT2D eigenvalue weighted by Gasteiger charge is 2.23. The van der Waals surface area contributed by atoms with E-state index in [2.05, 4.69) is 57.8 Å². The van der Waals surface area contributed by atoms with Crippen LogP contribution < -0.4 is 9.64 Å². The quantitative estimate of drug-likeness (QED) is 0.510. The highest BCUT2D eigenvalue weighted by Crippen LogP contribution is 2.27. The van der Waals surface area contributed by atoms with Crippen LogP contribution in [-0.2, 0) is 11.3 Å². The molecule has 2 heterocycles. The second-order valence-corrected chi connectivity index (χ2v) is 8.66. The van der Waals surface area contributed by atoms with Crippen molar-refractivity contribution in [3.8, 4) is 17.1 Å². The molecule has 0 bridgehead atoms. The molecule has 3 aromatic rings. The fraction of sp³-hybridized carbons (Fsp3) is 0.375. The maximum absolute atomic E-state index is 12.8. The second kappa shape index (κ2) is 10.1. The number of piperazine rings is 1. The smallest absolute Gasteiger partial charge is 0.233 e. The van der Waals surface area contributed by atoms with Crippen molar-refractivity contribution in [2.75, 3.05) is 43.9 Å². The molecule has 1 fully saturated rings. The van der Waals surface area contributed by atoms with Gasteiger partial charge in [-0.25, -0.2) is 0 Å². The Kier molecular flexibility index (Phi) is 6.99. The van der Waals surface area contributed by atoms with E-state index in [1.165, 1.54) is 11.8 Å². The zero-order valence-electron chi connectivity index (χ0n) is 18.8. The average molecular weight is 452 g/mol. The van der Waals surface area contributed by atoms with Crippen LogP contribution in [0, 0.1) is 6.92 Å². The van der Waals surface area contributed by atoms with Crippen molar-refractivity contribution in [3.63, 3.8) is 0 Å². The van der Waals surface area contributed by atoms with Crippen LogP contribution in [0.4, 0.5) is 5.69 Å². The largest absolute Gasteiger partial charge is 0.497 e. The van der Waals surface area contributed by atoms with Gasteiger partial charge in [-0.15, -0.1) is 10.2 Å². The average Bonchev–Trinajstić information content (AvgIpc) is 3.25. The van der Waals surface area contributed by atoms with E-state index in [-0.39, 0.29) is 5.91 Å². The van der Waals surface area contributed by atoms with Gasteiger partial charge < -0.3 is 19.1 Å². The van der Waals surface area contributed by atoms with Crippen molar-refractivity contribution in [1.29, 1.82) is 0 Å². The molecule has 32 heavy (non-hydrogen) atoms. The van der Waals surface area contributed by atoms with Gasteiger partial charge in [-0.2, -0.15) is 0 Å². The van der Waals surface area contributed by atoms with E-state index in [0.29, 0.717) is 5.75 Å². The van der Waals surface area contributed by atoms with Gasteiger partial charge in [-0.3, -0.25) is 4.79 Å². The maximum atomic E-state index is 12.8. The number of aryl methyl sites for hydroxylation is 1. The summed E-state index contributed by atoms with van der Waals surface area (Å²) in [7, 11) is 1.67. The first-order valence-electron chi connectivity index (χ1n) is 10.9. The zero-order valence-corrected chi connectivity index (χ0v) is 19.6. The number of nitrogens with zero attached hydrogens (tertiary/aromatic N) is 5. The predicted molar refractivity (Wildman–Crippen MR) is 128 cm³/mol. The molecule has 0 aliphatic carbocycles. The predicted octanol–water partition coefficient (Wildman–Crippen LogP) is 3.72. The number of benzene rings is 2. The number of carbonyl (C=O) groups is 1. The minimum atomic E-state index is 0.146. The standard InChI is InChI=1S/C24H29N5O2S/c1-4-29-23(21-8-6-5-7-18(21)2)25-26-24(29)32-17-22(30)28-15-13-27(14-16-28)19-9-11-20(31-3)12-10-19/h5-12H,4,13-17H2,1-3H3. The Labute approximate surface area is 193 Å². The van der Waals surface area contributed by atoms with Crippen LogP contribution in [0.1, 0.15) is 12.5 Å². The van der Waals surface area contributed by atoms with Gasteiger partial charge in [0.25, 0.3) is 0 Å². The van der Waals surface area contributed by atoms with Crippen molar-refractivity contribution in [2.24, 2.45) is 0 Å². The number of hydrogen-bond acceptors (Lipinski definition) is 6. The highest BCUT2D eigenvalue weighted by molar-refractivity contribution is 7.99. The van der Waals surface area contributed by atoms with E-state index >= 15 is 0 Å². The van der Waals surface area contributed by atoms with Gasteiger partial charge in [-0.1, -0.05) is 36.0 Å². The third kappa shape index (κ3) is 4.75. The summed E-state index contributed by atoms with van der Waals surface area (Å²) in [5.41, 5.74) is 3.40. The molecule has 0 atom stereocenters. The van der Waals surface area contributed by atoms with Crippen LogP contribution in [0.15, 0.2) is 53.7 Å². The molecule has 0 unspecified atom stereocenters. The van der Waals surface area contributed by atoms with E-state index in [9.17, 15) is 4.79 Å². The normalized spacial score (nSPS) is 14.0. The van der Waals surface area contributed by atoms with Crippen molar-refractivity contribution < 1.29 is 9.53 Å². The van der Waals surface area contributed by atoms with Crippen LogP contribution in [-0.4, -0.2) is 64.6 Å². The fourth-order valence-corrected chi connectivity index (χ4v) is 4.83. The Morgan fingerprint density at radius 3 is 2.41 bits per heavy atom. The number of rotatable bonds is 7. The Morgan fingerprint density at radius 1 is 1.03 bits per heavy atom. The molecule has 168 valence electrons. The van der Waals surface area contributed by atoms with Crippen LogP contribution >= 0.6 is 11.8 Å². The topological polar surface area (TPSA) is 63.5 Å². The van der Waals surface area contributed by atoms with Crippen molar-refractivity contribution >= 4 is 23.4 Å². The van der Waals surface area contributed by atoms with Crippen molar-refractivity contribution in [1.82, 2.24) is 19.7 Å². The van der Waals surface area contributed by atoms with Gasteiger partial charge in [-0.05, 0) is 43.7 Å². The Balaban J connectivity index is 1.34. The molecule has 7 nitrogen and oxygen atoms in total. The maximum Gasteiger partial charge on any atom is 0.233 e. The van der Waals surface area contributed by atoms with E-state index in [1.807, 2.05) is 29.2 Å². The van der Waals surface area contributed by atoms with Crippen LogP contribution in [0.25, 0.3) is 11.4 Å². The molecule has 1 saturated heterocycles. The minimum Gasteiger partial charge on any atom is -0.497 e. The molecule has 1 aromatic heterocycles. The van der Waals surface area contributed by atoms with E-state index in [1.54, 1.807) is 7.11 Å². The number of aromatic nitrogens is 3. The summed E-state index contributed by atoms with van der Waals surface area (Å²) in [6.07, 6.45) is 0. The van der Waals surface area contributed by atoms with Gasteiger partial charge >= 0.3 is 0 Å². The molecule has 0 radical (unpaired) electrons. The molecular weight excluding hydrogens is 422 g/mol. The molecule has 1 aliphatic rings. The van der Waals surface area contributed by atoms with Gasteiger partial charge in [0.15, 0.2) is 11.0 Å². The van der Waals surface area contributed by atoms with Crippen LogP contribution in [0.3, 0.4) is 0 Å². The Hall–Kier alpha value is -3.00. The molecule has 1 aliphatic heterocycles. The van der Waals surface area contributed by atoms with Gasteiger partial charge in [0.1, 0.15) is 5.75 Å². The summed E-state index contributed by atoms with van der Waals surface area (Å²) < 4.78 is 7.32. The number of hydrogen-bond donors (Lipinski definition) is 0.